The molecule has 0 aliphatic rings. The van der Waals surface area contributed by atoms with Gasteiger partial charge in [-0.1, -0.05) is 30.3 Å². The second-order valence-corrected chi connectivity index (χ2v) is 4.72. The molecule has 0 saturated heterocycles. The number of carbonyl (C=O) groups is 1. The fourth-order valence-corrected chi connectivity index (χ4v) is 2.07. The zero-order valence-electron chi connectivity index (χ0n) is 11.9. The average Bonchev–Trinajstić information content (AvgIpc) is 2.54. The van der Waals surface area contributed by atoms with E-state index in [0.717, 1.165) is 11.3 Å². The summed E-state index contributed by atoms with van der Waals surface area (Å²) < 4.78 is 0. The van der Waals surface area contributed by atoms with Crippen molar-refractivity contribution in [2.45, 2.75) is 12.5 Å². The lowest BCUT2D eigenvalue weighted by Gasteiger charge is -2.18. The number of aliphatic hydroxyl groups excluding tert-OH is 1. The van der Waals surface area contributed by atoms with Crippen molar-refractivity contribution in [3.63, 3.8) is 0 Å². The Morgan fingerprint density at radius 3 is 2.71 bits per heavy atom. The number of pyridine rings is 1. The summed E-state index contributed by atoms with van der Waals surface area (Å²) in [5.41, 5.74) is 2.25. The highest BCUT2D eigenvalue weighted by Crippen LogP contribution is 2.12. The number of anilines is 1. The minimum atomic E-state index is -0.234. The summed E-state index contributed by atoms with van der Waals surface area (Å²) in [5, 5.41) is 15.3. The number of benzene rings is 1. The van der Waals surface area contributed by atoms with Gasteiger partial charge in [0.2, 0.25) is 0 Å². The number of nitrogens with one attached hydrogen (secondary N) is 2. The number of amides is 1. The number of carbonyl (C=O) groups excluding carboxylic acids is 1. The van der Waals surface area contributed by atoms with Crippen molar-refractivity contribution in [1.82, 2.24) is 10.3 Å². The first-order valence-corrected chi connectivity index (χ1v) is 6.82. The van der Waals surface area contributed by atoms with E-state index in [1.54, 1.807) is 25.4 Å². The van der Waals surface area contributed by atoms with Crippen LogP contribution >= 0.6 is 0 Å². The topological polar surface area (TPSA) is 74.2 Å². The van der Waals surface area contributed by atoms with Gasteiger partial charge in [-0.3, -0.25) is 9.78 Å². The van der Waals surface area contributed by atoms with Crippen LogP contribution in [0.5, 0.6) is 0 Å². The predicted octanol–water partition coefficient (Wildman–Crippen LogP) is 1.46. The average molecular weight is 285 g/mol. The molecule has 1 aromatic heterocycles. The Kier molecular flexibility index (Phi) is 5.29. The SMILES string of the molecule is CNC(=O)c1cc(NC(CO)Cc2ccccc2)ccn1. The molecular weight excluding hydrogens is 266 g/mol. The van der Waals surface area contributed by atoms with Crippen LogP contribution in [0.3, 0.4) is 0 Å². The molecule has 0 aliphatic carbocycles. The first kappa shape index (κ1) is 15.0. The van der Waals surface area contributed by atoms with Crippen LogP contribution in [0.15, 0.2) is 48.7 Å². The summed E-state index contributed by atoms with van der Waals surface area (Å²) in [5.74, 6) is -0.234. The van der Waals surface area contributed by atoms with Crippen LogP contribution in [0.2, 0.25) is 0 Å². The molecule has 5 nitrogen and oxygen atoms in total. The molecule has 5 heteroatoms. The largest absolute Gasteiger partial charge is 0.394 e. The van der Waals surface area contributed by atoms with Crippen LogP contribution in [0.4, 0.5) is 5.69 Å². The Labute approximate surface area is 124 Å². The summed E-state index contributed by atoms with van der Waals surface area (Å²) in [6, 6.07) is 13.3. The van der Waals surface area contributed by atoms with Gasteiger partial charge in [-0.25, -0.2) is 0 Å². The maximum Gasteiger partial charge on any atom is 0.269 e. The van der Waals surface area contributed by atoms with Crippen LogP contribution in [-0.2, 0) is 6.42 Å². The van der Waals surface area contributed by atoms with Crippen molar-refractivity contribution in [1.29, 1.82) is 0 Å². The molecule has 3 N–H and O–H groups in total. The summed E-state index contributed by atoms with van der Waals surface area (Å²) in [4.78, 5) is 15.6. The molecule has 1 unspecified atom stereocenters. The molecule has 21 heavy (non-hydrogen) atoms. The Hall–Kier alpha value is -2.40. The smallest absolute Gasteiger partial charge is 0.269 e. The Bertz CT molecular complexity index is 587. The standard InChI is InChI=1S/C16H19N3O2/c1-17-16(21)15-10-13(7-8-18-15)19-14(11-20)9-12-5-3-2-4-6-12/h2-8,10,14,20H,9,11H2,1H3,(H,17,21)(H,18,19). The predicted molar refractivity (Wildman–Crippen MR) is 82.3 cm³/mol. The second-order valence-electron chi connectivity index (χ2n) is 4.72. The summed E-state index contributed by atoms with van der Waals surface area (Å²) in [7, 11) is 1.57. The third kappa shape index (κ3) is 4.29. The third-order valence-electron chi connectivity index (χ3n) is 3.14. The minimum absolute atomic E-state index is 0.00647. The van der Waals surface area contributed by atoms with Crippen molar-refractivity contribution in [2.75, 3.05) is 19.0 Å². The van der Waals surface area contributed by atoms with Gasteiger partial charge in [-0.15, -0.1) is 0 Å². The third-order valence-corrected chi connectivity index (χ3v) is 3.14. The molecular formula is C16H19N3O2. The maximum absolute atomic E-state index is 11.6. The molecule has 0 aliphatic heterocycles. The monoisotopic (exact) mass is 285 g/mol. The van der Waals surface area contributed by atoms with E-state index < -0.39 is 0 Å². The fourth-order valence-electron chi connectivity index (χ4n) is 2.07. The Morgan fingerprint density at radius 1 is 1.29 bits per heavy atom. The van der Waals surface area contributed by atoms with E-state index >= 15 is 0 Å². The number of aromatic nitrogens is 1. The van der Waals surface area contributed by atoms with Crippen molar-refractivity contribution < 1.29 is 9.90 Å². The van der Waals surface area contributed by atoms with E-state index in [0.29, 0.717) is 12.1 Å². The van der Waals surface area contributed by atoms with Crippen molar-refractivity contribution in [2.24, 2.45) is 0 Å². The lowest BCUT2D eigenvalue weighted by Crippen LogP contribution is -2.27. The van der Waals surface area contributed by atoms with E-state index in [-0.39, 0.29) is 18.6 Å². The van der Waals surface area contributed by atoms with Gasteiger partial charge in [0.05, 0.1) is 12.6 Å². The summed E-state index contributed by atoms with van der Waals surface area (Å²) >= 11 is 0. The number of hydrogen-bond donors (Lipinski definition) is 3. The highest BCUT2D eigenvalue weighted by atomic mass is 16.3. The van der Waals surface area contributed by atoms with Gasteiger partial charge in [0.15, 0.2) is 0 Å². The molecule has 1 amide bonds. The van der Waals surface area contributed by atoms with E-state index in [4.69, 9.17) is 0 Å². The van der Waals surface area contributed by atoms with Gasteiger partial charge < -0.3 is 15.7 Å². The van der Waals surface area contributed by atoms with E-state index in [2.05, 4.69) is 15.6 Å². The van der Waals surface area contributed by atoms with Gasteiger partial charge >= 0.3 is 0 Å². The van der Waals surface area contributed by atoms with Crippen molar-refractivity contribution >= 4 is 11.6 Å². The van der Waals surface area contributed by atoms with Gasteiger partial charge in [-0.05, 0) is 24.1 Å². The van der Waals surface area contributed by atoms with Crippen LogP contribution in [0.25, 0.3) is 0 Å². The highest BCUT2D eigenvalue weighted by Gasteiger charge is 2.10. The first-order valence-electron chi connectivity index (χ1n) is 6.82. The molecule has 0 fully saturated rings. The zero-order chi connectivity index (χ0) is 15.1. The molecule has 1 atom stereocenters. The van der Waals surface area contributed by atoms with E-state index in [9.17, 15) is 9.90 Å². The van der Waals surface area contributed by atoms with E-state index in [1.165, 1.54) is 0 Å². The van der Waals surface area contributed by atoms with Crippen LogP contribution in [-0.4, -0.2) is 35.7 Å². The molecule has 0 bridgehead atoms. The second kappa shape index (κ2) is 7.40. The van der Waals surface area contributed by atoms with Crippen LogP contribution in [0.1, 0.15) is 16.1 Å². The maximum atomic E-state index is 11.6. The van der Waals surface area contributed by atoms with Crippen molar-refractivity contribution in [3.05, 3.63) is 59.9 Å². The molecule has 0 radical (unpaired) electrons. The molecule has 1 heterocycles. The van der Waals surface area contributed by atoms with E-state index in [1.807, 2.05) is 30.3 Å². The summed E-state index contributed by atoms with van der Waals surface area (Å²) in [6.07, 6.45) is 2.28. The molecule has 1 aromatic carbocycles. The summed E-state index contributed by atoms with van der Waals surface area (Å²) in [6.45, 7) is 0.00647. The normalized spacial score (nSPS) is 11.7. The molecule has 0 spiro atoms. The Morgan fingerprint density at radius 2 is 2.05 bits per heavy atom. The molecule has 110 valence electrons. The Balaban J connectivity index is 2.06. The van der Waals surface area contributed by atoms with Gasteiger partial charge in [-0.2, -0.15) is 0 Å². The highest BCUT2D eigenvalue weighted by molar-refractivity contribution is 5.92. The number of nitrogens with zero attached hydrogens (tertiary/aromatic N) is 1. The lowest BCUT2D eigenvalue weighted by molar-refractivity contribution is 0.0958. The first-order chi connectivity index (χ1) is 10.2. The zero-order valence-corrected chi connectivity index (χ0v) is 11.9. The van der Waals surface area contributed by atoms with Crippen molar-refractivity contribution in [3.8, 4) is 0 Å². The quantitative estimate of drug-likeness (QED) is 0.751. The van der Waals surface area contributed by atoms with Gasteiger partial charge in [0.1, 0.15) is 5.69 Å². The number of rotatable bonds is 6. The van der Waals surface area contributed by atoms with Gasteiger partial charge in [0.25, 0.3) is 5.91 Å². The fraction of sp³-hybridized carbons (Fsp3) is 0.250. The molecule has 2 rings (SSSR count). The number of hydrogen-bond acceptors (Lipinski definition) is 4. The molecule has 0 saturated carbocycles. The minimum Gasteiger partial charge on any atom is -0.394 e. The number of aliphatic hydroxyl groups is 1. The molecule has 2 aromatic rings. The lowest BCUT2D eigenvalue weighted by atomic mass is 10.1. The van der Waals surface area contributed by atoms with Crippen LogP contribution < -0.4 is 10.6 Å². The van der Waals surface area contributed by atoms with Crippen LogP contribution in [0, 0.1) is 0 Å². The van der Waals surface area contributed by atoms with Gasteiger partial charge in [0, 0.05) is 18.9 Å².